The number of sulfonamides is 1. The summed E-state index contributed by atoms with van der Waals surface area (Å²) in [5.41, 5.74) is 1.42. The van der Waals surface area contributed by atoms with Crippen molar-refractivity contribution in [3.05, 3.63) is 47.8 Å². The highest BCUT2D eigenvalue weighted by molar-refractivity contribution is 7.89. The summed E-state index contributed by atoms with van der Waals surface area (Å²) in [7, 11) is -0.724. The van der Waals surface area contributed by atoms with E-state index in [4.69, 9.17) is 9.47 Å². The van der Waals surface area contributed by atoms with Crippen LogP contribution in [0.1, 0.15) is 24.1 Å². The summed E-state index contributed by atoms with van der Waals surface area (Å²) in [5.74, 6) is 0.862. The fourth-order valence-corrected chi connectivity index (χ4v) is 3.74. The largest absolute Gasteiger partial charge is 0.493 e. The fourth-order valence-electron chi connectivity index (χ4n) is 2.27. The molecule has 1 N–H and O–H groups in total. The molecular formula is C16H20N2O4S. The van der Waals surface area contributed by atoms with E-state index in [1.54, 1.807) is 44.4 Å². The van der Waals surface area contributed by atoms with Crippen LogP contribution in [0, 0.1) is 6.92 Å². The van der Waals surface area contributed by atoms with Gasteiger partial charge >= 0.3 is 0 Å². The van der Waals surface area contributed by atoms with E-state index in [-0.39, 0.29) is 10.9 Å². The normalized spacial score (nSPS) is 12.7. The van der Waals surface area contributed by atoms with Crippen molar-refractivity contribution in [1.82, 2.24) is 9.71 Å². The van der Waals surface area contributed by atoms with E-state index in [1.807, 2.05) is 0 Å². The van der Waals surface area contributed by atoms with Crippen molar-refractivity contribution >= 4 is 10.0 Å². The van der Waals surface area contributed by atoms with Crippen molar-refractivity contribution in [3.8, 4) is 11.5 Å². The number of ether oxygens (including phenoxy) is 2. The molecule has 0 saturated heterocycles. The van der Waals surface area contributed by atoms with E-state index in [1.165, 1.54) is 20.3 Å². The van der Waals surface area contributed by atoms with Gasteiger partial charge in [-0.3, -0.25) is 4.98 Å². The fraction of sp³-hybridized carbons (Fsp3) is 0.312. The Bertz CT molecular complexity index is 776. The highest BCUT2D eigenvalue weighted by Gasteiger charge is 2.22. The van der Waals surface area contributed by atoms with Gasteiger partial charge in [-0.25, -0.2) is 13.1 Å². The Morgan fingerprint density at radius 2 is 1.65 bits per heavy atom. The van der Waals surface area contributed by atoms with Crippen LogP contribution >= 0.6 is 0 Å². The minimum absolute atomic E-state index is 0.163. The van der Waals surface area contributed by atoms with E-state index >= 15 is 0 Å². The number of pyridine rings is 1. The van der Waals surface area contributed by atoms with E-state index in [0.717, 1.165) is 5.56 Å². The van der Waals surface area contributed by atoms with Crippen molar-refractivity contribution < 1.29 is 17.9 Å². The van der Waals surface area contributed by atoms with Gasteiger partial charge in [-0.2, -0.15) is 0 Å². The van der Waals surface area contributed by atoms with E-state index < -0.39 is 10.0 Å². The Kier molecular flexibility index (Phi) is 5.23. The molecule has 1 aromatic heterocycles. The van der Waals surface area contributed by atoms with E-state index in [2.05, 4.69) is 9.71 Å². The number of nitrogens with zero attached hydrogens (tertiary/aromatic N) is 1. The molecule has 1 aromatic carbocycles. The van der Waals surface area contributed by atoms with Crippen LogP contribution in [-0.4, -0.2) is 27.6 Å². The highest BCUT2D eigenvalue weighted by atomic mass is 32.2. The summed E-state index contributed by atoms with van der Waals surface area (Å²) < 4.78 is 38.4. The van der Waals surface area contributed by atoms with Crippen molar-refractivity contribution in [2.24, 2.45) is 0 Å². The first kappa shape index (κ1) is 17.2. The highest BCUT2D eigenvalue weighted by Crippen LogP contribution is 2.32. The molecule has 0 fully saturated rings. The summed E-state index contributed by atoms with van der Waals surface area (Å²) in [6, 6.07) is 6.28. The number of hydrogen-bond acceptors (Lipinski definition) is 5. The zero-order chi connectivity index (χ0) is 17.0. The van der Waals surface area contributed by atoms with Crippen molar-refractivity contribution in [2.75, 3.05) is 14.2 Å². The number of rotatable bonds is 6. The molecule has 0 bridgehead atoms. The maximum absolute atomic E-state index is 12.7. The van der Waals surface area contributed by atoms with Gasteiger partial charge in [0.1, 0.15) is 0 Å². The van der Waals surface area contributed by atoms with Gasteiger partial charge in [-0.05, 0) is 43.2 Å². The zero-order valence-electron chi connectivity index (χ0n) is 13.5. The second kappa shape index (κ2) is 6.97. The average molecular weight is 336 g/mol. The molecule has 2 rings (SSSR count). The summed E-state index contributed by atoms with van der Waals surface area (Å²) in [5, 5.41) is 0. The monoisotopic (exact) mass is 336 g/mol. The van der Waals surface area contributed by atoms with Gasteiger partial charge in [0, 0.05) is 24.5 Å². The molecule has 2 aromatic rings. The number of methoxy groups -OCH3 is 2. The third kappa shape index (κ3) is 3.80. The quantitative estimate of drug-likeness (QED) is 0.877. The predicted octanol–water partition coefficient (Wildman–Crippen LogP) is 2.45. The second-order valence-electron chi connectivity index (χ2n) is 5.10. The molecule has 0 spiro atoms. The lowest BCUT2D eigenvalue weighted by Gasteiger charge is -2.17. The Balaban J connectivity index is 2.36. The first-order valence-electron chi connectivity index (χ1n) is 7.04. The maximum atomic E-state index is 12.7. The SMILES string of the molecule is COc1cc(C)c(S(=O)(=O)NC(C)c2ccncc2)cc1OC. The standard InChI is InChI=1S/C16H20N2O4S/c1-11-9-14(21-3)15(22-4)10-16(11)23(19,20)18-12(2)13-5-7-17-8-6-13/h5-10,12,18H,1-4H3. The molecule has 0 saturated carbocycles. The second-order valence-corrected chi connectivity index (χ2v) is 6.78. The van der Waals surface area contributed by atoms with Crippen LogP contribution in [0.25, 0.3) is 0 Å². The van der Waals surface area contributed by atoms with E-state index in [0.29, 0.717) is 17.1 Å². The zero-order valence-corrected chi connectivity index (χ0v) is 14.3. The number of hydrogen-bond donors (Lipinski definition) is 1. The first-order chi connectivity index (χ1) is 10.9. The molecule has 0 amide bonds. The molecule has 124 valence electrons. The van der Waals surface area contributed by atoms with Crippen LogP contribution in [-0.2, 0) is 10.0 Å². The molecule has 1 atom stereocenters. The molecule has 23 heavy (non-hydrogen) atoms. The third-order valence-corrected chi connectivity index (χ3v) is 5.19. The Morgan fingerprint density at radius 1 is 1.09 bits per heavy atom. The van der Waals surface area contributed by atoms with Crippen molar-refractivity contribution in [3.63, 3.8) is 0 Å². The predicted molar refractivity (Wildman–Crippen MR) is 87.3 cm³/mol. The smallest absolute Gasteiger partial charge is 0.241 e. The third-order valence-electron chi connectivity index (χ3n) is 3.51. The number of aromatic nitrogens is 1. The van der Waals surface area contributed by atoms with Crippen LogP contribution in [0.2, 0.25) is 0 Å². The van der Waals surface area contributed by atoms with Gasteiger partial charge in [0.25, 0.3) is 0 Å². The molecule has 0 aliphatic rings. The molecule has 0 radical (unpaired) electrons. The lowest BCUT2D eigenvalue weighted by Crippen LogP contribution is -2.27. The molecule has 6 nitrogen and oxygen atoms in total. The van der Waals surface area contributed by atoms with Crippen molar-refractivity contribution in [2.45, 2.75) is 24.8 Å². The molecule has 0 aliphatic heterocycles. The molecule has 7 heteroatoms. The molecule has 1 unspecified atom stereocenters. The van der Waals surface area contributed by atoms with Gasteiger partial charge in [-0.15, -0.1) is 0 Å². The van der Waals surface area contributed by atoms with Gasteiger partial charge in [0.05, 0.1) is 19.1 Å². The van der Waals surface area contributed by atoms with Gasteiger partial charge in [0.2, 0.25) is 10.0 Å². The van der Waals surface area contributed by atoms with Crippen LogP contribution in [0.3, 0.4) is 0 Å². The Hall–Kier alpha value is -2.12. The van der Waals surface area contributed by atoms with Crippen molar-refractivity contribution in [1.29, 1.82) is 0 Å². The lowest BCUT2D eigenvalue weighted by molar-refractivity contribution is 0.353. The Morgan fingerprint density at radius 3 is 2.22 bits per heavy atom. The number of benzene rings is 1. The van der Waals surface area contributed by atoms with Crippen LogP contribution < -0.4 is 14.2 Å². The van der Waals surface area contributed by atoms with Gasteiger partial charge in [0.15, 0.2) is 11.5 Å². The molecular weight excluding hydrogens is 316 g/mol. The Labute approximate surface area is 136 Å². The van der Waals surface area contributed by atoms with Gasteiger partial charge < -0.3 is 9.47 Å². The van der Waals surface area contributed by atoms with Crippen LogP contribution in [0.4, 0.5) is 0 Å². The summed E-state index contributed by atoms with van der Waals surface area (Å²) in [6.07, 6.45) is 3.25. The summed E-state index contributed by atoms with van der Waals surface area (Å²) in [6.45, 7) is 3.50. The van der Waals surface area contributed by atoms with Crippen LogP contribution in [0.5, 0.6) is 11.5 Å². The number of nitrogens with one attached hydrogen (secondary N) is 1. The minimum Gasteiger partial charge on any atom is -0.493 e. The average Bonchev–Trinajstić information content (AvgIpc) is 2.54. The van der Waals surface area contributed by atoms with E-state index in [9.17, 15) is 8.42 Å². The van der Waals surface area contributed by atoms with Crippen LogP contribution in [0.15, 0.2) is 41.6 Å². The number of aryl methyl sites for hydroxylation is 1. The minimum atomic E-state index is -3.70. The first-order valence-corrected chi connectivity index (χ1v) is 8.52. The maximum Gasteiger partial charge on any atom is 0.241 e. The topological polar surface area (TPSA) is 77.5 Å². The van der Waals surface area contributed by atoms with Gasteiger partial charge in [-0.1, -0.05) is 0 Å². The molecule has 0 aliphatic carbocycles. The summed E-state index contributed by atoms with van der Waals surface area (Å²) in [4.78, 5) is 4.09. The molecule has 1 heterocycles. The summed E-state index contributed by atoms with van der Waals surface area (Å²) >= 11 is 0. The lowest BCUT2D eigenvalue weighted by atomic mass is 10.1.